The first-order chi connectivity index (χ1) is 11.7. The second kappa shape index (κ2) is 7.87. The molecule has 1 aliphatic rings. The molecule has 1 aliphatic heterocycles. The molecule has 0 radical (unpaired) electrons. The molecule has 3 heterocycles. The standard InChI is InChI=1S/C16H21N5O3/c22-15-5-3-7-18-21(15)11-10-20-9-2-1-4-13(20)12-17-16(23)14-6-8-19-24-14/h3,5-8,13H,1-2,4,9-12H2,(H,17,23). The van der Waals surface area contributed by atoms with E-state index in [1.165, 1.54) is 16.9 Å². The third-order valence-corrected chi connectivity index (χ3v) is 4.29. The lowest BCUT2D eigenvalue weighted by atomic mass is 10.0. The van der Waals surface area contributed by atoms with Gasteiger partial charge in [0.1, 0.15) is 0 Å². The molecule has 0 saturated carbocycles. The summed E-state index contributed by atoms with van der Waals surface area (Å²) in [4.78, 5) is 26.0. The molecular weight excluding hydrogens is 310 g/mol. The van der Waals surface area contributed by atoms with Crippen molar-refractivity contribution in [2.75, 3.05) is 19.6 Å². The topological polar surface area (TPSA) is 93.3 Å². The van der Waals surface area contributed by atoms with E-state index in [0.717, 1.165) is 32.4 Å². The summed E-state index contributed by atoms with van der Waals surface area (Å²) in [7, 11) is 0. The van der Waals surface area contributed by atoms with Crippen LogP contribution in [0.5, 0.6) is 0 Å². The zero-order valence-electron chi connectivity index (χ0n) is 13.4. The van der Waals surface area contributed by atoms with Crippen LogP contribution in [0, 0.1) is 0 Å². The fourth-order valence-electron chi connectivity index (χ4n) is 2.99. The van der Waals surface area contributed by atoms with Gasteiger partial charge in [-0.15, -0.1) is 0 Å². The van der Waals surface area contributed by atoms with Crippen molar-refractivity contribution in [1.82, 2.24) is 25.2 Å². The van der Waals surface area contributed by atoms with Gasteiger partial charge in [0.15, 0.2) is 0 Å². The lowest BCUT2D eigenvalue weighted by molar-refractivity contribution is 0.0874. The van der Waals surface area contributed by atoms with Crippen molar-refractivity contribution >= 4 is 5.91 Å². The first-order valence-electron chi connectivity index (χ1n) is 8.19. The van der Waals surface area contributed by atoms with Gasteiger partial charge < -0.3 is 9.84 Å². The molecule has 0 aromatic carbocycles. The van der Waals surface area contributed by atoms with Crippen molar-refractivity contribution in [1.29, 1.82) is 0 Å². The smallest absolute Gasteiger partial charge is 0.289 e. The Morgan fingerprint density at radius 3 is 3.00 bits per heavy atom. The lowest BCUT2D eigenvalue weighted by Crippen LogP contribution is -2.48. The van der Waals surface area contributed by atoms with Crippen molar-refractivity contribution in [2.24, 2.45) is 0 Å². The van der Waals surface area contributed by atoms with E-state index in [9.17, 15) is 9.59 Å². The Kier molecular flexibility index (Phi) is 5.37. The van der Waals surface area contributed by atoms with Gasteiger partial charge in [0, 0.05) is 37.5 Å². The molecule has 1 saturated heterocycles. The Balaban J connectivity index is 1.54. The number of hydrogen-bond donors (Lipinski definition) is 1. The highest BCUT2D eigenvalue weighted by Crippen LogP contribution is 2.16. The van der Waals surface area contributed by atoms with Crippen LogP contribution < -0.4 is 10.9 Å². The van der Waals surface area contributed by atoms with Crippen molar-refractivity contribution < 1.29 is 9.32 Å². The molecule has 2 aromatic rings. The number of piperidine rings is 1. The molecule has 1 fully saturated rings. The number of likely N-dealkylation sites (tertiary alicyclic amines) is 1. The van der Waals surface area contributed by atoms with Crippen molar-refractivity contribution in [3.8, 4) is 0 Å². The molecule has 1 N–H and O–H groups in total. The summed E-state index contributed by atoms with van der Waals surface area (Å²) in [6.45, 7) is 2.80. The number of amides is 1. The van der Waals surface area contributed by atoms with Crippen molar-refractivity contribution in [2.45, 2.75) is 31.8 Å². The van der Waals surface area contributed by atoms with Crippen LogP contribution in [0.15, 0.2) is 39.9 Å². The number of carbonyl (C=O) groups excluding carboxylic acids is 1. The van der Waals surface area contributed by atoms with Crippen LogP contribution in [0.25, 0.3) is 0 Å². The Morgan fingerprint density at radius 2 is 2.21 bits per heavy atom. The quantitative estimate of drug-likeness (QED) is 0.829. The maximum Gasteiger partial charge on any atom is 0.289 e. The van der Waals surface area contributed by atoms with E-state index in [-0.39, 0.29) is 23.3 Å². The highest BCUT2D eigenvalue weighted by atomic mass is 16.5. The Labute approximate surface area is 139 Å². The predicted molar refractivity (Wildman–Crippen MR) is 86.5 cm³/mol. The molecular formula is C16H21N5O3. The van der Waals surface area contributed by atoms with E-state index in [2.05, 4.69) is 20.5 Å². The maximum absolute atomic E-state index is 12.0. The minimum absolute atomic E-state index is 0.0929. The van der Waals surface area contributed by atoms with E-state index in [4.69, 9.17) is 4.52 Å². The molecule has 1 unspecified atom stereocenters. The van der Waals surface area contributed by atoms with E-state index >= 15 is 0 Å². The Morgan fingerprint density at radius 1 is 1.29 bits per heavy atom. The number of hydrogen-bond acceptors (Lipinski definition) is 6. The van der Waals surface area contributed by atoms with Crippen LogP contribution in [-0.2, 0) is 6.54 Å². The van der Waals surface area contributed by atoms with E-state index in [0.29, 0.717) is 13.1 Å². The SMILES string of the molecule is O=C(NCC1CCCCN1CCn1ncccc1=O)c1ccno1. The summed E-state index contributed by atoms with van der Waals surface area (Å²) >= 11 is 0. The number of aromatic nitrogens is 3. The molecule has 24 heavy (non-hydrogen) atoms. The summed E-state index contributed by atoms with van der Waals surface area (Å²) < 4.78 is 6.33. The number of carbonyl (C=O) groups is 1. The van der Waals surface area contributed by atoms with Crippen LogP contribution >= 0.6 is 0 Å². The molecule has 3 rings (SSSR count). The molecule has 128 valence electrons. The second-order valence-corrected chi connectivity index (χ2v) is 5.86. The average Bonchev–Trinajstić information content (AvgIpc) is 3.14. The normalized spacial score (nSPS) is 18.4. The summed E-state index contributed by atoms with van der Waals surface area (Å²) in [5, 5.41) is 10.5. The molecule has 2 aromatic heterocycles. The fraction of sp³-hybridized carbons (Fsp3) is 0.500. The molecule has 0 bridgehead atoms. The largest absolute Gasteiger partial charge is 0.351 e. The monoisotopic (exact) mass is 331 g/mol. The van der Waals surface area contributed by atoms with Crippen LogP contribution in [-0.4, -0.2) is 51.4 Å². The zero-order valence-corrected chi connectivity index (χ0v) is 13.4. The van der Waals surface area contributed by atoms with Crippen LogP contribution in [0.3, 0.4) is 0 Å². The molecule has 1 amide bonds. The van der Waals surface area contributed by atoms with Crippen molar-refractivity contribution in [3.63, 3.8) is 0 Å². The Hall–Kier alpha value is -2.48. The summed E-state index contributed by atoms with van der Waals surface area (Å²) in [5.41, 5.74) is -0.0929. The second-order valence-electron chi connectivity index (χ2n) is 5.86. The van der Waals surface area contributed by atoms with Gasteiger partial charge in [-0.25, -0.2) is 4.68 Å². The van der Waals surface area contributed by atoms with E-state index < -0.39 is 0 Å². The molecule has 1 atom stereocenters. The third kappa shape index (κ3) is 4.08. The average molecular weight is 331 g/mol. The highest BCUT2D eigenvalue weighted by Gasteiger charge is 2.23. The zero-order chi connectivity index (χ0) is 16.8. The lowest BCUT2D eigenvalue weighted by Gasteiger charge is -2.35. The van der Waals surface area contributed by atoms with Gasteiger partial charge in [-0.2, -0.15) is 5.10 Å². The third-order valence-electron chi connectivity index (χ3n) is 4.29. The molecule has 8 heteroatoms. The molecule has 8 nitrogen and oxygen atoms in total. The van der Waals surface area contributed by atoms with Crippen LogP contribution in [0.1, 0.15) is 29.8 Å². The van der Waals surface area contributed by atoms with Gasteiger partial charge in [0.05, 0.1) is 12.7 Å². The number of nitrogens with one attached hydrogen (secondary N) is 1. The van der Waals surface area contributed by atoms with Gasteiger partial charge in [-0.1, -0.05) is 11.6 Å². The highest BCUT2D eigenvalue weighted by molar-refractivity contribution is 5.91. The van der Waals surface area contributed by atoms with Crippen LogP contribution in [0.4, 0.5) is 0 Å². The Bertz CT molecular complexity index is 713. The van der Waals surface area contributed by atoms with Gasteiger partial charge >= 0.3 is 0 Å². The fourth-order valence-corrected chi connectivity index (χ4v) is 2.99. The minimum atomic E-state index is -0.251. The molecule has 0 aliphatic carbocycles. The molecule has 0 spiro atoms. The van der Waals surface area contributed by atoms with Gasteiger partial charge in [-0.05, 0) is 25.5 Å². The van der Waals surface area contributed by atoms with Crippen LogP contribution in [0.2, 0.25) is 0 Å². The van der Waals surface area contributed by atoms with Gasteiger partial charge in [0.2, 0.25) is 5.76 Å². The summed E-state index contributed by atoms with van der Waals surface area (Å²) in [5.74, 6) is -0.0311. The van der Waals surface area contributed by atoms with E-state index in [1.807, 2.05) is 0 Å². The summed E-state index contributed by atoms with van der Waals surface area (Å²) in [6.07, 6.45) is 6.36. The minimum Gasteiger partial charge on any atom is -0.351 e. The van der Waals surface area contributed by atoms with Crippen molar-refractivity contribution in [3.05, 3.63) is 46.7 Å². The number of rotatable bonds is 6. The van der Waals surface area contributed by atoms with Gasteiger partial charge in [0.25, 0.3) is 11.5 Å². The summed E-state index contributed by atoms with van der Waals surface area (Å²) in [6, 6.07) is 4.95. The first-order valence-corrected chi connectivity index (χ1v) is 8.19. The maximum atomic E-state index is 12.0. The van der Waals surface area contributed by atoms with Gasteiger partial charge in [-0.3, -0.25) is 14.5 Å². The number of nitrogens with zero attached hydrogens (tertiary/aromatic N) is 4. The van der Waals surface area contributed by atoms with E-state index in [1.54, 1.807) is 18.3 Å². The first kappa shape index (κ1) is 16.4. The predicted octanol–water partition coefficient (Wildman–Crippen LogP) is 0.516.